The lowest BCUT2D eigenvalue weighted by atomic mass is 10.2. The zero-order valence-corrected chi connectivity index (χ0v) is 11.9. The third-order valence-corrected chi connectivity index (χ3v) is 3.34. The number of aliphatic hydroxyl groups excluding tert-OH is 1. The summed E-state index contributed by atoms with van der Waals surface area (Å²) < 4.78 is 0.589. The zero-order chi connectivity index (χ0) is 13.7. The van der Waals surface area contributed by atoms with Gasteiger partial charge in [0.15, 0.2) is 0 Å². The highest BCUT2D eigenvalue weighted by molar-refractivity contribution is 9.10. The molecule has 0 fully saturated rings. The van der Waals surface area contributed by atoms with Crippen molar-refractivity contribution < 1.29 is 15.0 Å². The van der Waals surface area contributed by atoms with E-state index in [9.17, 15) is 9.90 Å². The van der Waals surface area contributed by atoms with Gasteiger partial charge in [0.25, 0.3) is 0 Å². The standard InChI is InChI=1S/C12H17BrN2O3/c1-8(7-16)15(2)12(18)14-6-9-3-4-11(17)10(13)5-9/h3-5,8,16-17H,6-7H2,1-2H3,(H,14,18). The number of likely N-dealkylation sites (N-methyl/N-ethyl adjacent to an activating group) is 1. The number of hydrogen-bond acceptors (Lipinski definition) is 3. The molecule has 0 radical (unpaired) electrons. The van der Waals surface area contributed by atoms with Crippen LogP contribution in [-0.4, -0.2) is 40.8 Å². The summed E-state index contributed by atoms with van der Waals surface area (Å²) in [6, 6.07) is 4.56. The van der Waals surface area contributed by atoms with Gasteiger partial charge in [-0.15, -0.1) is 0 Å². The lowest BCUT2D eigenvalue weighted by molar-refractivity contribution is 0.157. The first-order valence-corrected chi connectivity index (χ1v) is 6.34. The van der Waals surface area contributed by atoms with Crippen molar-refractivity contribution in [2.45, 2.75) is 19.5 Å². The van der Waals surface area contributed by atoms with E-state index in [0.717, 1.165) is 5.56 Å². The Morgan fingerprint density at radius 3 is 2.78 bits per heavy atom. The summed E-state index contributed by atoms with van der Waals surface area (Å²) in [4.78, 5) is 13.2. The average molecular weight is 317 g/mol. The molecular formula is C12H17BrN2O3. The van der Waals surface area contributed by atoms with E-state index >= 15 is 0 Å². The molecule has 1 aromatic rings. The van der Waals surface area contributed by atoms with Crippen molar-refractivity contribution in [3.63, 3.8) is 0 Å². The molecule has 0 bridgehead atoms. The minimum Gasteiger partial charge on any atom is -0.507 e. The van der Waals surface area contributed by atoms with Gasteiger partial charge in [-0.3, -0.25) is 0 Å². The number of aliphatic hydroxyl groups is 1. The predicted octanol–water partition coefficient (Wildman–Crippen LogP) is 1.68. The van der Waals surface area contributed by atoms with Gasteiger partial charge in [-0.2, -0.15) is 0 Å². The molecule has 6 heteroatoms. The van der Waals surface area contributed by atoms with Crippen LogP contribution < -0.4 is 5.32 Å². The molecule has 0 saturated carbocycles. The van der Waals surface area contributed by atoms with Crippen LogP contribution in [0.5, 0.6) is 5.75 Å². The monoisotopic (exact) mass is 316 g/mol. The fraction of sp³-hybridized carbons (Fsp3) is 0.417. The molecule has 1 atom stereocenters. The number of carbonyl (C=O) groups excluding carboxylic acids is 1. The number of phenolic OH excluding ortho intramolecular Hbond substituents is 1. The van der Waals surface area contributed by atoms with Gasteiger partial charge in [-0.1, -0.05) is 6.07 Å². The van der Waals surface area contributed by atoms with E-state index in [4.69, 9.17) is 5.11 Å². The summed E-state index contributed by atoms with van der Waals surface area (Å²) in [7, 11) is 1.63. The van der Waals surface area contributed by atoms with Crippen LogP contribution >= 0.6 is 15.9 Å². The van der Waals surface area contributed by atoms with Gasteiger partial charge in [0, 0.05) is 13.6 Å². The molecule has 0 aliphatic carbocycles. The van der Waals surface area contributed by atoms with Crippen LogP contribution in [0, 0.1) is 0 Å². The van der Waals surface area contributed by atoms with Crippen molar-refractivity contribution in [2.24, 2.45) is 0 Å². The van der Waals surface area contributed by atoms with Gasteiger partial charge in [0.1, 0.15) is 5.75 Å². The van der Waals surface area contributed by atoms with E-state index in [-0.39, 0.29) is 24.4 Å². The molecule has 1 rings (SSSR count). The highest BCUT2D eigenvalue weighted by Gasteiger charge is 2.14. The van der Waals surface area contributed by atoms with E-state index in [2.05, 4.69) is 21.2 Å². The van der Waals surface area contributed by atoms with Crippen LogP contribution in [0.4, 0.5) is 4.79 Å². The van der Waals surface area contributed by atoms with E-state index in [1.54, 1.807) is 32.2 Å². The Labute approximate surface area is 115 Å². The Kier molecular flexibility index (Phi) is 5.43. The number of carbonyl (C=O) groups is 1. The first kappa shape index (κ1) is 14.8. The second kappa shape index (κ2) is 6.61. The minimum atomic E-state index is -0.249. The fourth-order valence-electron chi connectivity index (χ4n) is 1.29. The number of aromatic hydroxyl groups is 1. The van der Waals surface area contributed by atoms with Gasteiger partial charge in [-0.25, -0.2) is 4.79 Å². The smallest absolute Gasteiger partial charge is 0.317 e. The number of urea groups is 1. The van der Waals surface area contributed by atoms with Gasteiger partial charge in [0.2, 0.25) is 0 Å². The largest absolute Gasteiger partial charge is 0.507 e. The van der Waals surface area contributed by atoms with Crippen molar-refractivity contribution >= 4 is 22.0 Å². The molecular weight excluding hydrogens is 300 g/mol. The molecule has 1 unspecified atom stereocenters. The summed E-state index contributed by atoms with van der Waals surface area (Å²) in [5.74, 6) is 0.163. The quantitative estimate of drug-likeness (QED) is 0.791. The number of rotatable bonds is 4. The Hall–Kier alpha value is -1.27. The molecule has 0 heterocycles. The molecule has 2 amide bonds. The Morgan fingerprint density at radius 2 is 2.22 bits per heavy atom. The number of hydrogen-bond donors (Lipinski definition) is 3. The number of nitrogens with zero attached hydrogens (tertiary/aromatic N) is 1. The maximum Gasteiger partial charge on any atom is 0.317 e. The summed E-state index contributed by atoms with van der Waals surface area (Å²) in [6.45, 7) is 2.05. The van der Waals surface area contributed by atoms with Gasteiger partial charge in [0.05, 0.1) is 17.1 Å². The molecule has 0 aromatic heterocycles. The predicted molar refractivity (Wildman–Crippen MR) is 72.4 cm³/mol. The number of benzene rings is 1. The molecule has 3 N–H and O–H groups in total. The second-order valence-corrected chi connectivity index (χ2v) is 4.94. The lowest BCUT2D eigenvalue weighted by Gasteiger charge is -2.23. The third-order valence-electron chi connectivity index (χ3n) is 2.70. The SMILES string of the molecule is CC(CO)N(C)C(=O)NCc1ccc(O)c(Br)c1. The maximum absolute atomic E-state index is 11.7. The molecule has 5 nitrogen and oxygen atoms in total. The highest BCUT2D eigenvalue weighted by atomic mass is 79.9. The van der Waals surface area contributed by atoms with Gasteiger partial charge >= 0.3 is 6.03 Å². The molecule has 1 aromatic carbocycles. The Bertz CT molecular complexity index is 426. The Morgan fingerprint density at radius 1 is 1.56 bits per heavy atom. The van der Waals surface area contributed by atoms with Crippen LogP contribution in [0.1, 0.15) is 12.5 Å². The lowest BCUT2D eigenvalue weighted by Crippen LogP contribution is -2.43. The number of phenols is 1. The van der Waals surface area contributed by atoms with Crippen molar-refractivity contribution in [1.82, 2.24) is 10.2 Å². The normalized spacial score (nSPS) is 12.0. The number of amides is 2. The van der Waals surface area contributed by atoms with Crippen LogP contribution in [0.15, 0.2) is 22.7 Å². The summed E-state index contributed by atoms with van der Waals surface area (Å²) in [5.41, 5.74) is 0.873. The first-order valence-electron chi connectivity index (χ1n) is 5.54. The molecule has 18 heavy (non-hydrogen) atoms. The van der Waals surface area contributed by atoms with Crippen LogP contribution in [0.2, 0.25) is 0 Å². The second-order valence-electron chi connectivity index (χ2n) is 4.09. The van der Waals surface area contributed by atoms with E-state index in [1.807, 2.05) is 0 Å². The summed E-state index contributed by atoms with van der Waals surface area (Å²) in [5, 5.41) is 21.0. The average Bonchev–Trinajstić information content (AvgIpc) is 2.37. The van der Waals surface area contributed by atoms with Crippen molar-refractivity contribution in [3.8, 4) is 5.75 Å². The van der Waals surface area contributed by atoms with E-state index in [1.165, 1.54) is 4.90 Å². The van der Waals surface area contributed by atoms with E-state index < -0.39 is 0 Å². The van der Waals surface area contributed by atoms with Crippen LogP contribution in [0.3, 0.4) is 0 Å². The summed E-state index contributed by atoms with van der Waals surface area (Å²) >= 11 is 3.21. The summed E-state index contributed by atoms with van der Waals surface area (Å²) in [6.07, 6.45) is 0. The van der Waals surface area contributed by atoms with Gasteiger partial charge < -0.3 is 20.4 Å². The molecule has 0 saturated heterocycles. The number of nitrogens with one attached hydrogen (secondary N) is 1. The minimum absolute atomic E-state index is 0.0747. The van der Waals surface area contributed by atoms with Crippen molar-refractivity contribution in [1.29, 1.82) is 0 Å². The molecule has 0 spiro atoms. The Balaban J connectivity index is 2.54. The van der Waals surface area contributed by atoms with Gasteiger partial charge in [-0.05, 0) is 40.5 Å². The topological polar surface area (TPSA) is 72.8 Å². The maximum atomic E-state index is 11.7. The van der Waals surface area contributed by atoms with E-state index in [0.29, 0.717) is 11.0 Å². The molecule has 0 aliphatic rings. The van der Waals surface area contributed by atoms with Crippen LogP contribution in [-0.2, 0) is 6.54 Å². The molecule has 100 valence electrons. The molecule has 0 aliphatic heterocycles. The number of halogens is 1. The van der Waals surface area contributed by atoms with Crippen LogP contribution in [0.25, 0.3) is 0 Å². The zero-order valence-electron chi connectivity index (χ0n) is 10.4. The first-order chi connectivity index (χ1) is 8.45. The van der Waals surface area contributed by atoms with Crippen molar-refractivity contribution in [2.75, 3.05) is 13.7 Å². The highest BCUT2D eigenvalue weighted by Crippen LogP contribution is 2.24. The third kappa shape index (κ3) is 3.89. The van der Waals surface area contributed by atoms with Crippen molar-refractivity contribution in [3.05, 3.63) is 28.2 Å². The fourth-order valence-corrected chi connectivity index (χ4v) is 1.71.